The number of amides is 1. The van der Waals surface area contributed by atoms with Crippen molar-refractivity contribution in [3.63, 3.8) is 0 Å². The SMILES string of the molecule is Cl.NCCNC(=O)C1CCCN(S(=O)(=O)N2CCCC2)C1. The Bertz CT molecular complexity index is 440. The quantitative estimate of drug-likeness (QED) is 0.707. The molecule has 0 saturated carbocycles. The summed E-state index contributed by atoms with van der Waals surface area (Å²) in [6.07, 6.45) is 3.32. The van der Waals surface area contributed by atoms with Gasteiger partial charge in [0.1, 0.15) is 0 Å². The third-order valence-electron chi connectivity index (χ3n) is 3.92. The van der Waals surface area contributed by atoms with Crippen molar-refractivity contribution < 1.29 is 13.2 Å². The number of hydrogen-bond donors (Lipinski definition) is 2. The Balaban J connectivity index is 0.00000220. The van der Waals surface area contributed by atoms with E-state index < -0.39 is 10.2 Å². The fourth-order valence-corrected chi connectivity index (χ4v) is 4.56. The Hall–Kier alpha value is -0.410. The fourth-order valence-electron chi connectivity index (χ4n) is 2.79. The van der Waals surface area contributed by atoms with Crippen LogP contribution in [0, 0.1) is 5.92 Å². The molecule has 2 saturated heterocycles. The highest BCUT2D eigenvalue weighted by atomic mass is 35.5. The van der Waals surface area contributed by atoms with Gasteiger partial charge < -0.3 is 11.1 Å². The summed E-state index contributed by atoms with van der Waals surface area (Å²) in [6.45, 7) is 2.84. The number of nitrogens with one attached hydrogen (secondary N) is 1. The lowest BCUT2D eigenvalue weighted by Crippen LogP contribution is -2.50. The molecule has 0 bridgehead atoms. The van der Waals surface area contributed by atoms with E-state index in [0.29, 0.717) is 32.7 Å². The fraction of sp³-hybridized carbons (Fsp3) is 0.917. The van der Waals surface area contributed by atoms with Gasteiger partial charge in [0, 0.05) is 39.3 Å². The Morgan fingerprint density at radius 1 is 1.14 bits per heavy atom. The molecule has 1 amide bonds. The lowest BCUT2D eigenvalue weighted by atomic mass is 9.99. The van der Waals surface area contributed by atoms with Crippen LogP contribution in [0.2, 0.25) is 0 Å². The summed E-state index contributed by atoms with van der Waals surface area (Å²) in [5, 5.41) is 2.74. The number of hydrogen-bond acceptors (Lipinski definition) is 4. The van der Waals surface area contributed by atoms with Crippen LogP contribution in [-0.4, -0.2) is 62.2 Å². The number of rotatable bonds is 5. The van der Waals surface area contributed by atoms with Gasteiger partial charge >= 0.3 is 0 Å². The molecule has 0 aromatic rings. The zero-order valence-corrected chi connectivity index (χ0v) is 13.8. The van der Waals surface area contributed by atoms with E-state index in [-0.39, 0.29) is 30.8 Å². The van der Waals surface area contributed by atoms with Crippen LogP contribution in [0.1, 0.15) is 25.7 Å². The first kappa shape index (κ1) is 18.6. The molecule has 0 aromatic carbocycles. The molecule has 124 valence electrons. The molecule has 2 aliphatic rings. The van der Waals surface area contributed by atoms with Crippen molar-refractivity contribution in [2.75, 3.05) is 39.3 Å². The second-order valence-electron chi connectivity index (χ2n) is 5.39. The van der Waals surface area contributed by atoms with E-state index in [1.165, 1.54) is 8.61 Å². The number of nitrogens with zero attached hydrogens (tertiary/aromatic N) is 2. The molecule has 2 heterocycles. The zero-order chi connectivity index (χ0) is 14.6. The topological polar surface area (TPSA) is 95.7 Å². The molecular formula is C12H25ClN4O3S. The van der Waals surface area contributed by atoms with Crippen LogP contribution in [0.15, 0.2) is 0 Å². The average Bonchev–Trinajstić information content (AvgIpc) is 2.99. The third kappa shape index (κ3) is 4.53. The predicted molar refractivity (Wildman–Crippen MR) is 83.3 cm³/mol. The Labute approximate surface area is 132 Å². The molecule has 21 heavy (non-hydrogen) atoms. The van der Waals surface area contributed by atoms with Gasteiger partial charge in [-0.1, -0.05) is 0 Å². The van der Waals surface area contributed by atoms with Gasteiger partial charge in [0.2, 0.25) is 5.91 Å². The van der Waals surface area contributed by atoms with E-state index in [0.717, 1.165) is 25.7 Å². The van der Waals surface area contributed by atoms with Crippen LogP contribution in [0.25, 0.3) is 0 Å². The van der Waals surface area contributed by atoms with E-state index in [2.05, 4.69) is 5.32 Å². The van der Waals surface area contributed by atoms with E-state index in [1.54, 1.807) is 0 Å². The van der Waals surface area contributed by atoms with Gasteiger partial charge in [-0.15, -0.1) is 12.4 Å². The number of carbonyl (C=O) groups excluding carboxylic acids is 1. The average molecular weight is 341 g/mol. The van der Waals surface area contributed by atoms with Crippen LogP contribution in [0.5, 0.6) is 0 Å². The second-order valence-corrected chi connectivity index (χ2v) is 7.32. The van der Waals surface area contributed by atoms with Gasteiger partial charge in [0.15, 0.2) is 0 Å². The van der Waals surface area contributed by atoms with E-state index in [1.807, 2.05) is 0 Å². The van der Waals surface area contributed by atoms with Gasteiger partial charge in [-0.25, -0.2) is 0 Å². The lowest BCUT2D eigenvalue weighted by Gasteiger charge is -2.33. The second kappa shape index (κ2) is 8.28. The van der Waals surface area contributed by atoms with Crippen molar-refractivity contribution in [3.05, 3.63) is 0 Å². The highest BCUT2D eigenvalue weighted by molar-refractivity contribution is 7.86. The van der Waals surface area contributed by atoms with Crippen molar-refractivity contribution in [3.8, 4) is 0 Å². The van der Waals surface area contributed by atoms with E-state index in [4.69, 9.17) is 5.73 Å². The molecule has 7 nitrogen and oxygen atoms in total. The Morgan fingerprint density at radius 2 is 1.76 bits per heavy atom. The number of carbonyl (C=O) groups is 1. The maximum atomic E-state index is 12.5. The Morgan fingerprint density at radius 3 is 2.38 bits per heavy atom. The number of nitrogens with two attached hydrogens (primary N) is 1. The van der Waals surface area contributed by atoms with Crippen molar-refractivity contribution in [1.82, 2.24) is 13.9 Å². The van der Waals surface area contributed by atoms with Crippen LogP contribution < -0.4 is 11.1 Å². The molecule has 0 aliphatic carbocycles. The smallest absolute Gasteiger partial charge is 0.281 e. The maximum Gasteiger partial charge on any atom is 0.281 e. The largest absolute Gasteiger partial charge is 0.355 e. The summed E-state index contributed by atoms with van der Waals surface area (Å²) < 4.78 is 27.9. The van der Waals surface area contributed by atoms with E-state index in [9.17, 15) is 13.2 Å². The highest BCUT2D eigenvalue weighted by Gasteiger charge is 2.36. The van der Waals surface area contributed by atoms with Gasteiger partial charge in [-0.3, -0.25) is 4.79 Å². The van der Waals surface area contributed by atoms with Crippen LogP contribution in [-0.2, 0) is 15.0 Å². The van der Waals surface area contributed by atoms with Gasteiger partial charge in [0.25, 0.3) is 10.2 Å². The summed E-state index contributed by atoms with van der Waals surface area (Å²) in [5.41, 5.74) is 5.36. The maximum absolute atomic E-state index is 12.5. The first-order valence-electron chi connectivity index (χ1n) is 7.28. The highest BCUT2D eigenvalue weighted by Crippen LogP contribution is 2.23. The predicted octanol–water partition coefficient (Wildman–Crippen LogP) is -0.464. The molecule has 9 heteroatoms. The molecule has 1 atom stereocenters. The molecule has 1 unspecified atom stereocenters. The van der Waals surface area contributed by atoms with Crippen molar-refractivity contribution in [2.45, 2.75) is 25.7 Å². The number of piperidine rings is 1. The molecule has 0 spiro atoms. The molecule has 2 aliphatic heterocycles. The summed E-state index contributed by atoms with van der Waals surface area (Å²) >= 11 is 0. The molecule has 2 rings (SSSR count). The third-order valence-corrected chi connectivity index (χ3v) is 5.92. The lowest BCUT2D eigenvalue weighted by molar-refractivity contribution is -0.126. The van der Waals surface area contributed by atoms with Gasteiger partial charge in [-0.2, -0.15) is 17.0 Å². The minimum absolute atomic E-state index is 0. The van der Waals surface area contributed by atoms with Gasteiger partial charge in [0.05, 0.1) is 5.92 Å². The van der Waals surface area contributed by atoms with Crippen molar-refractivity contribution in [1.29, 1.82) is 0 Å². The minimum Gasteiger partial charge on any atom is -0.355 e. The molecule has 3 N–H and O–H groups in total. The summed E-state index contributed by atoms with van der Waals surface area (Å²) in [5.74, 6) is -0.343. The van der Waals surface area contributed by atoms with Crippen molar-refractivity contribution in [2.24, 2.45) is 11.7 Å². The summed E-state index contributed by atoms with van der Waals surface area (Å²) in [7, 11) is -3.39. The van der Waals surface area contributed by atoms with Crippen molar-refractivity contribution >= 4 is 28.5 Å². The normalized spacial score (nSPS) is 24.5. The van der Waals surface area contributed by atoms with Crippen LogP contribution in [0.3, 0.4) is 0 Å². The summed E-state index contributed by atoms with van der Waals surface area (Å²) in [4.78, 5) is 11.9. The first-order chi connectivity index (χ1) is 9.55. The minimum atomic E-state index is -3.39. The monoisotopic (exact) mass is 340 g/mol. The molecule has 2 fully saturated rings. The number of halogens is 1. The molecule has 0 aromatic heterocycles. The standard InChI is InChI=1S/C12H24N4O3S.ClH/c13-5-6-14-12(17)11-4-3-9-16(10-11)20(18,19)15-7-1-2-8-15;/h11H,1-10,13H2,(H,14,17);1H. The summed E-state index contributed by atoms with van der Waals surface area (Å²) in [6, 6.07) is 0. The van der Waals surface area contributed by atoms with Crippen LogP contribution >= 0.6 is 12.4 Å². The van der Waals surface area contributed by atoms with Gasteiger partial charge in [-0.05, 0) is 25.7 Å². The zero-order valence-electron chi connectivity index (χ0n) is 12.2. The molecular weight excluding hydrogens is 316 g/mol. The van der Waals surface area contributed by atoms with Crippen LogP contribution in [0.4, 0.5) is 0 Å². The molecule has 0 radical (unpaired) electrons. The Kier molecular flexibility index (Phi) is 7.35. The first-order valence-corrected chi connectivity index (χ1v) is 8.68. The van der Waals surface area contributed by atoms with E-state index >= 15 is 0 Å².